The van der Waals surface area contributed by atoms with Crippen molar-refractivity contribution in [3.63, 3.8) is 0 Å². The van der Waals surface area contributed by atoms with Gasteiger partial charge in [0.05, 0.1) is 0 Å². The third-order valence-electron chi connectivity index (χ3n) is 5.37. The van der Waals surface area contributed by atoms with Gasteiger partial charge in [0.2, 0.25) is 0 Å². The summed E-state index contributed by atoms with van der Waals surface area (Å²) < 4.78 is 16.3. The monoisotopic (exact) mass is 374 g/mol. The van der Waals surface area contributed by atoms with Crippen LogP contribution in [0.15, 0.2) is 115 Å². The minimum atomic E-state index is -0.204. The van der Waals surface area contributed by atoms with Crippen LogP contribution in [0, 0.1) is 0 Å². The van der Waals surface area contributed by atoms with E-state index in [0.29, 0.717) is 11.1 Å². The van der Waals surface area contributed by atoms with Gasteiger partial charge in [-0.2, -0.15) is 0 Å². The molecule has 0 aliphatic rings. The number of hydrogen-bond donors (Lipinski definition) is 0. The summed E-state index contributed by atoms with van der Waals surface area (Å²) in [6.45, 7) is 0. The molecular weight excluding hydrogens is 355 g/mol. The second-order valence-corrected chi connectivity index (χ2v) is 7.11. The van der Waals surface area contributed by atoms with Crippen molar-refractivity contribution in [1.82, 2.24) is 0 Å². The SMILES string of the molecule is F/C(=C(\c1ccccc1)c1cccc2ccccc12)c1cccc2ccccc12. The Morgan fingerprint density at radius 2 is 0.931 bits per heavy atom. The van der Waals surface area contributed by atoms with Crippen molar-refractivity contribution in [2.45, 2.75) is 0 Å². The van der Waals surface area contributed by atoms with E-state index in [1.165, 1.54) is 0 Å². The Morgan fingerprint density at radius 1 is 0.448 bits per heavy atom. The molecule has 5 rings (SSSR count). The van der Waals surface area contributed by atoms with Gasteiger partial charge in [0.25, 0.3) is 0 Å². The van der Waals surface area contributed by atoms with Crippen LogP contribution in [-0.2, 0) is 0 Å². The molecule has 0 amide bonds. The van der Waals surface area contributed by atoms with E-state index in [0.717, 1.165) is 32.7 Å². The normalized spacial score (nSPS) is 12.2. The molecule has 138 valence electrons. The standard InChI is InChI=1S/C28H19F/c29-28(26-19-9-15-21-11-5-7-17-24(21)26)27(22-12-2-1-3-13-22)25-18-8-14-20-10-4-6-16-23(20)25/h1-19H/b28-27+. The van der Waals surface area contributed by atoms with E-state index in [1.807, 2.05) is 97.1 Å². The van der Waals surface area contributed by atoms with Gasteiger partial charge in [-0.15, -0.1) is 0 Å². The topological polar surface area (TPSA) is 0 Å². The maximum absolute atomic E-state index is 16.3. The highest BCUT2D eigenvalue weighted by Crippen LogP contribution is 2.38. The zero-order valence-electron chi connectivity index (χ0n) is 15.8. The molecule has 5 aromatic carbocycles. The molecular formula is C28H19F. The molecule has 0 aromatic heterocycles. The summed E-state index contributed by atoms with van der Waals surface area (Å²) in [4.78, 5) is 0. The lowest BCUT2D eigenvalue weighted by atomic mass is 9.90. The smallest absolute Gasteiger partial charge is 0.139 e. The van der Waals surface area contributed by atoms with Crippen molar-refractivity contribution in [2.24, 2.45) is 0 Å². The van der Waals surface area contributed by atoms with Crippen LogP contribution >= 0.6 is 0 Å². The molecule has 0 N–H and O–H groups in total. The summed E-state index contributed by atoms with van der Waals surface area (Å²) in [5.41, 5.74) is 3.02. The third kappa shape index (κ3) is 3.11. The first-order valence-electron chi connectivity index (χ1n) is 9.74. The maximum Gasteiger partial charge on any atom is 0.139 e. The average molecular weight is 374 g/mol. The molecule has 0 saturated carbocycles. The van der Waals surface area contributed by atoms with Gasteiger partial charge in [-0.05, 0) is 32.7 Å². The molecule has 0 heterocycles. The highest BCUT2D eigenvalue weighted by Gasteiger charge is 2.17. The Kier molecular flexibility index (Phi) is 4.42. The van der Waals surface area contributed by atoms with E-state index >= 15 is 4.39 Å². The van der Waals surface area contributed by atoms with E-state index in [9.17, 15) is 0 Å². The molecule has 29 heavy (non-hydrogen) atoms. The van der Waals surface area contributed by atoms with E-state index < -0.39 is 0 Å². The number of halogens is 1. The average Bonchev–Trinajstić information content (AvgIpc) is 2.80. The van der Waals surface area contributed by atoms with Gasteiger partial charge in [0, 0.05) is 11.1 Å². The fraction of sp³-hybridized carbons (Fsp3) is 0. The van der Waals surface area contributed by atoms with E-state index in [1.54, 1.807) is 0 Å². The molecule has 1 heteroatoms. The Labute approximate surface area is 169 Å². The summed E-state index contributed by atoms with van der Waals surface area (Å²) in [7, 11) is 0. The van der Waals surface area contributed by atoms with Crippen molar-refractivity contribution >= 4 is 32.9 Å². The van der Waals surface area contributed by atoms with Crippen LogP contribution in [0.5, 0.6) is 0 Å². The number of hydrogen-bond acceptors (Lipinski definition) is 0. The Hall–Kier alpha value is -3.71. The van der Waals surface area contributed by atoms with Gasteiger partial charge in [-0.1, -0.05) is 115 Å². The summed E-state index contributed by atoms with van der Waals surface area (Å²) in [6.07, 6.45) is 0. The van der Waals surface area contributed by atoms with Crippen molar-refractivity contribution in [1.29, 1.82) is 0 Å². The Balaban J connectivity index is 1.88. The van der Waals surface area contributed by atoms with Crippen molar-refractivity contribution in [3.8, 4) is 0 Å². The van der Waals surface area contributed by atoms with Crippen molar-refractivity contribution in [2.75, 3.05) is 0 Å². The molecule has 0 atom stereocenters. The zero-order valence-corrected chi connectivity index (χ0v) is 15.8. The first-order valence-corrected chi connectivity index (χ1v) is 9.74. The molecule has 0 bridgehead atoms. The van der Waals surface area contributed by atoms with Crippen LogP contribution < -0.4 is 0 Å². The van der Waals surface area contributed by atoms with Gasteiger partial charge in [-0.25, -0.2) is 4.39 Å². The minimum absolute atomic E-state index is 0.204. The highest BCUT2D eigenvalue weighted by molar-refractivity contribution is 6.07. The van der Waals surface area contributed by atoms with Gasteiger partial charge >= 0.3 is 0 Å². The fourth-order valence-electron chi connectivity index (χ4n) is 4.00. The number of benzene rings is 5. The summed E-state index contributed by atoms with van der Waals surface area (Å²) in [5.74, 6) is -0.204. The molecule has 0 nitrogen and oxygen atoms in total. The van der Waals surface area contributed by atoms with E-state index in [2.05, 4.69) is 18.2 Å². The van der Waals surface area contributed by atoms with E-state index in [4.69, 9.17) is 0 Å². The molecule has 0 fully saturated rings. The second-order valence-electron chi connectivity index (χ2n) is 7.11. The van der Waals surface area contributed by atoms with Crippen LogP contribution in [0.25, 0.3) is 32.9 Å². The van der Waals surface area contributed by atoms with Crippen LogP contribution in [0.4, 0.5) is 4.39 Å². The number of rotatable bonds is 3. The summed E-state index contributed by atoms with van der Waals surface area (Å²) in [5, 5.41) is 4.10. The minimum Gasteiger partial charge on any atom is -0.206 e. The highest BCUT2D eigenvalue weighted by atomic mass is 19.1. The lowest BCUT2D eigenvalue weighted by Gasteiger charge is -2.15. The lowest BCUT2D eigenvalue weighted by Crippen LogP contribution is -1.94. The van der Waals surface area contributed by atoms with Crippen LogP contribution in [0.2, 0.25) is 0 Å². The van der Waals surface area contributed by atoms with Gasteiger partial charge < -0.3 is 0 Å². The second kappa shape index (κ2) is 7.37. The predicted molar refractivity (Wildman–Crippen MR) is 121 cm³/mol. The summed E-state index contributed by atoms with van der Waals surface area (Å²) in [6, 6.07) is 37.8. The van der Waals surface area contributed by atoms with Crippen molar-refractivity contribution in [3.05, 3.63) is 132 Å². The van der Waals surface area contributed by atoms with Crippen molar-refractivity contribution < 1.29 is 4.39 Å². The largest absolute Gasteiger partial charge is 0.206 e. The quantitative estimate of drug-likeness (QED) is 0.282. The van der Waals surface area contributed by atoms with Crippen LogP contribution in [0.1, 0.15) is 16.7 Å². The van der Waals surface area contributed by atoms with Gasteiger partial charge in [0.15, 0.2) is 0 Å². The lowest BCUT2D eigenvalue weighted by molar-refractivity contribution is 0.764. The fourth-order valence-corrected chi connectivity index (χ4v) is 4.00. The molecule has 0 aliphatic carbocycles. The molecule has 0 saturated heterocycles. The van der Waals surface area contributed by atoms with E-state index in [-0.39, 0.29) is 5.83 Å². The number of fused-ring (bicyclic) bond motifs is 2. The molecule has 0 unspecified atom stereocenters. The molecule has 5 aromatic rings. The Morgan fingerprint density at radius 3 is 1.59 bits per heavy atom. The predicted octanol–water partition coefficient (Wildman–Crippen LogP) is 7.88. The zero-order chi connectivity index (χ0) is 19.6. The summed E-state index contributed by atoms with van der Waals surface area (Å²) >= 11 is 0. The van der Waals surface area contributed by atoms with Gasteiger partial charge in [-0.3, -0.25) is 0 Å². The van der Waals surface area contributed by atoms with Crippen LogP contribution in [0.3, 0.4) is 0 Å². The molecule has 0 spiro atoms. The third-order valence-corrected chi connectivity index (χ3v) is 5.37. The first-order chi connectivity index (χ1) is 14.3. The molecule has 0 aliphatic heterocycles. The van der Waals surface area contributed by atoms with Gasteiger partial charge in [0.1, 0.15) is 5.83 Å². The molecule has 0 radical (unpaired) electrons. The Bertz CT molecular complexity index is 1340. The first kappa shape index (κ1) is 17.4. The van der Waals surface area contributed by atoms with Crippen LogP contribution in [-0.4, -0.2) is 0 Å². The maximum atomic E-state index is 16.3.